The predicted octanol–water partition coefficient (Wildman–Crippen LogP) is 1.22. The highest BCUT2D eigenvalue weighted by Gasteiger charge is 2.20. The molecule has 102 valence electrons. The normalized spacial score (nSPS) is 16.6. The van der Waals surface area contributed by atoms with Crippen LogP contribution in [0, 0.1) is 5.92 Å². The molecule has 0 radical (unpaired) electrons. The first-order chi connectivity index (χ1) is 8.02. The lowest BCUT2D eigenvalue weighted by molar-refractivity contribution is 0.122. The number of hydrogen-bond donors (Lipinski definition) is 1. The molecule has 4 nitrogen and oxygen atoms in total. The Bertz CT molecular complexity index is 297. The summed E-state index contributed by atoms with van der Waals surface area (Å²) in [7, 11) is -2.89. The molecule has 0 unspecified atom stereocenters. The molecule has 1 aliphatic carbocycles. The lowest BCUT2D eigenvalue weighted by Gasteiger charge is -2.08. The molecule has 0 atom stereocenters. The van der Waals surface area contributed by atoms with Crippen LogP contribution < -0.4 is 5.32 Å². The quantitative estimate of drug-likeness (QED) is 0.602. The third-order valence-electron chi connectivity index (χ3n) is 2.97. The first kappa shape index (κ1) is 14.9. The van der Waals surface area contributed by atoms with Crippen molar-refractivity contribution in [3.05, 3.63) is 0 Å². The molecule has 1 rings (SSSR count). The Morgan fingerprint density at radius 1 is 1.29 bits per heavy atom. The first-order valence-electron chi connectivity index (χ1n) is 6.52. The van der Waals surface area contributed by atoms with Gasteiger partial charge in [0, 0.05) is 19.8 Å². The van der Waals surface area contributed by atoms with Crippen LogP contribution in [0.3, 0.4) is 0 Å². The minimum absolute atomic E-state index is 0.230. The summed E-state index contributed by atoms with van der Waals surface area (Å²) in [5.74, 6) is 1.05. The van der Waals surface area contributed by atoms with Gasteiger partial charge in [0.1, 0.15) is 0 Å². The largest absolute Gasteiger partial charge is 0.381 e. The Balaban J connectivity index is 1.86. The minimum atomic E-state index is -2.89. The van der Waals surface area contributed by atoms with Gasteiger partial charge in [-0.2, -0.15) is 0 Å². The number of hydrogen-bond acceptors (Lipinski definition) is 4. The van der Waals surface area contributed by atoms with Gasteiger partial charge >= 0.3 is 0 Å². The van der Waals surface area contributed by atoms with E-state index < -0.39 is 9.84 Å². The zero-order valence-electron chi connectivity index (χ0n) is 10.9. The molecule has 5 heteroatoms. The molecule has 0 heterocycles. The maximum absolute atomic E-state index is 11.5. The van der Waals surface area contributed by atoms with E-state index in [4.69, 9.17) is 4.74 Å². The second kappa shape index (κ2) is 7.34. The second-order valence-corrected chi connectivity index (χ2v) is 7.71. The molecular formula is C12H25NO3S. The molecule has 0 aromatic heterocycles. The van der Waals surface area contributed by atoms with Crippen LogP contribution in [0.5, 0.6) is 0 Å². The van der Waals surface area contributed by atoms with Crippen molar-refractivity contribution < 1.29 is 13.2 Å². The highest BCUT2D eigenvalue weighted by atomic mass is 32.2. The topological polar surface area (TPSA) is 55.4 Å². The zero-order chi connectivity index (χ0) is 12.7. The van der Waals surface area contributed by atoms with Gasteiger partial charge in [-0.25, -0.2) is 8.42 Å². The van der Waals surface area contributed by atoms with E-state index in [0.29, 0.717) is 6.54 Å². The molecule has 0 aromatic rings. The van der Waals surface area contributed by atoms with E-state index in [2.05, 4.69) is 5.32 Å². The summed E-state index contributed by atoms with van der Waals surface area (Å²) >= 11 is 0. The molecule has 0 aliphatic heterocycles. The number of rotatable bonds is 10. The van der Waals surface area contributed by atoms with E-state index in [9.17, 15) is 8.42 Å². The van der Waals surface area contributed by atoms with Crippen LogP contribution in [0.1, 0.15) is 33.1 Å². The average molecular weight is 263 g/mol. The molecule has 0 amide bonds. The van der Waals surface area contributed by atoms with E-state index >= 15 is 0 Å². The summed E-state index contributed by atoms with van der Waals surface area (Å²) in [6.45, 7) is 6.51. The summed E-state index contributed by atoms with van der Waals surface area (Å²) in [4.78, 5) is 0. The van der Waals surface area contributed by atoms with E-state index in [1.54, 1.807) is 13.8 Å². The molecule has 0 saturated heterocycles. The van der Waals surface area contributed by atoms with Gasteiger partial charge < -0.3 is 10.1 Å². The first-order valence-corrected chi connectivity index (χ1v) is 8.24. The van der Waals surface area contributed by atoms with E-state index in [1.165, 1.54) is 12.8 Å². The van der Waals surface area contributed by atoms with Gasteiger partial charge in [-0.3, -0.25) is 0 Å². The monoisotopic (exact) mass is 263 g/mol. The smallest absolute Gasteiger partial charge is 0.153 e. The maximum atomic E-state index is 11.5. The fourth-order valence-corrected chi connectivity index (χ4v) is 2.31. The van der Waals surface area contributed by atoms with Gasteiger partial charge in [0.25, 0.3) is 0 Å². The van der Waals surface area contributed by atoms with Crippen LogP contribution in [0.2, 0.25) is 0 Å². The Hall–Kier alpha value is -0.130. The van der Waals surface area contributed by atoms with Crippen LogP contribution in [-0.2, 0) is 14.6 Å². The lowest BCUT2D eigenvalue weighted by atomic mass is 10.4. The fraction of sp³-hybridized carbons (Fsp3) is 1.00. The third kappa shape index (κ3) is 7.01. The standard InChI is InChI=1S/C12H25NO3S/c1-11(2)17(14,15)9-7-13-6-3-8-16-10-12-4-5-12/h11-13H,3-10H2,1-2H3. The predicted molar refractivity (Wildman–Crippen MR) is 70.0 cm³/mol. The summed E-state index contributed by atoms with van der Waals surface area (Å²) in [6, 6.07) is 0. The van der Waals surface area contributed by atoms with Crippen molar-refractivity contribution >= 4 is 9.84 Å². The van der Waals surface area contributed by atoms with Crippen molar-refractivity contribution in [2.24, 2.45) is 5.92 Å². The van der Waals surface area contributed by atoms with Crippen LogP contribution in [-0.4, -0.2) is 45.7 Å². The highest BCUT2D eigenvalue weighted by molar-refractivity contribution is 7.92. The van der Waals surface area contributed by atoms with Crippen LogP contribution >= 0.6 is 0 Å². The molecule has 1 saturated carbocycles. The molecule has 1 fully saturated rings. The molecular weight excluding hydrogens is 238 g/mol. The maximum Gasteiger partial charge on any atom is 0.153 e. The third-order valence-corrected chi connectivity index (χ3v) is 5.18. The van der Waals surface area contributed by atoms with Crippen molar-refractivity contribution in [1.29, 1.82) is 0 Å². The lowest BCUT2D eigenvalue weighted by Crippen LogP contribution is -2.28. The molecule has 0 aromatic carbocycles. The van der Waals surface area contributed by atoms with Crippen molar-refractivity contribution in [2.75, 3.05) is 32.1 Å². The van der Waals surface area contributed by atoms with Gasteiger partial charge in [-0.05, 0) is 45.6 Å². The zero-order valence-corrected chi connectivity index (χ0v) is 11.8. The van der Waals surface area contributed by atoms with Crippen molar-refractivity contribution in [3.8, 4) is 0 Å². The SMILES string of the molecule is CC(C)S(=O)(=O)CCNCCCOCC1CC1. The van der Waals surface area contributed by atoms with E-state index in [0.717, 1.165) is 32.1 Å². The number of ether oxygens (including phenoxy) is 1. The van der Waals surface area contributed by atoms with Gasteiger partial charge in [-0.1, -0.05) is 0 Å². The minimum Gasteiger partial charge on any atom is -0.381 e. The Morgan fingerprint density at radius 3 is 2.59 bits per heavy atom. The molecule has 17 heavy (non-hydrogen) atoms. The highest BCUT2D eigenvalue weighted by Crippen LogP contribution is 2.28. The van der Waals surface area contributed by atoms with E-state index in [-0.39, 0.29) is 11.0 Å². The molecule has 0 bridgehead atoms. The van der Waals surface area contributed by atoms with Gasteiger partial charge in [0.05, 0.1) is 11.0 Å². The summed E-state index contributed by atoms with van der Waals surface area (Å²) < 4.78 is 28.5. The second-order valence-electron chi connectivity index (χ2n) is 5.04. The Morgan fingerprint density at radius 2 is 2.00 bits per heavy atom. The van der Waals surface area contributed by atoms with E-state index in [1.807, 2.05) is 0 Å². The van der Waals surface area contributed by atoms with Gasteiger partial charge in [0.15, 0.2) is 9.84 Å². The Labute approximate surface area is 105 Å². The average Bonchev–Trinajstić information content (AvgIpc) is 3.05. The van der Waals surface area contributed by atoms with Crippen LogP contribution in [0.4, 0.5) is 0 Å². The van der Waals surface area contributed by atoms with Gasteiger partial charge in [-0.15, -0.1) is 0 Å². The van der Waals surface area contributed by atoms with Crippen LogP contribution in [0.25, 0.3) is 0 Å². The van der Waals surface area contributed by atoms with Crippen molar-refractivity contribution in [2.45, 2.75) is 38.4 Å². The van der Waals surface area contributed by atoms with Gasteiger partial charge in [0.2, 0.25) is 0 Å². The summed E-state index contributed by atoms with van der Waals surface area (Å²) in [5, 5.41) is 2.87. The number of sulfone groups is 1. The van der Waals surface area contributed by atoms with Crippen LogP contribution in [0.15, 0.2) is 0 Å². The summed E-state index contributed by atoms with van der Waals surface area (Å²) in [6.07, 6.45) is 3.60. The molecule has 0 spiro atoms. The fourth-order valence-electron chi connectivity index (χ4n) is 1.41. The summed E-state index contributed by atoms with van der Waals surface area (Å²) in [5.41, 5.74) is 0. The van der Waals surface area contributed by atoms with Crippen molar-refractivity contribution in [3.63, 3.8) is 0 Å². The molecule has 1 aliphatic rings. The number of nitrogens with one attached hydrogen (secondary N) is 1. The van der Waals surface area contributed by atoms with Crippen molar-refractivity contribution in [1.82, 2.24) is 5.32 Å². The molecule has 1 N–H and O–H groups in total. The Kier molecular flexibility index (Phi) is 6.44.